The second-order valence-corrected chi connectivity index (χ2v) is 6.90. The SMILES string of the molecule is CCCS(=O)(=O)c1ncc(Cl)c(C(=O)Oc2ccccc2F)n1. The molecule has 0 atom stereocenters. The quantitative estimate of drug-likeness (QED) is 0.464. The highest BCUT2D eigenvalue weighted by molar-refractivity contribution is 7.91. The van der Waals surface area contributed by atoms with Crippen LogP contribution in [0.1, 0.15) is 23.8 Å². The molecule has 0 aliphatic carbocycles. The molecule has 0 unspecified atom stereocenters. The molecule has 2 aromatic rings. The molecule has 0 bridgehead atoms. The minimum absolute atomic E-state index is 0.170. The van der Waals surface area contributed by atoms with Crippen molar-refractivity contribution in [1.82, 2.24) is 9.97 Å². The number of halogens is 2. The second-order valence-electron chi connectivity index (χ2n) is 4.49. The molecule has 0 aliphatic heterocycles. The summed E-state index contributed by atoms with van der Waals surface area (Å²) < 4.78 is 42.3. The molecule has 0 amide bonds. The van der Waals surface area contributed by atoms with Crippen LogP contribution in [-0.4, -0.2) is 30.1 Å². The van der Waals surface area contributed by atoms with Gasteiger partial charge in [0.15, 0.2) is 17.3 Å². The summed E-state index contributed by atoms with van der Waals surface area (Å²) in [6.45, 7) is 1.68. The monoisotopic (exact) mass is 358 g/mol. The van der Waals surface area contributed by atoms with Crippen molar-refractivity contribution in [3.05, 3.63) is 47.0 Å². The van der Waals surface area contributed by atoms with Gasteiger partial charge in [-0.25, -0.2) is 27.6 Å². The van der Waals surface area contributed by atoms with Gasteiger partial charge >= 0.3 is 5.97 Å². The van der Waals surface area contributed by atoms with E-state index in [1.807, 2.05) is 0 Å². The molecular weight excluding hydrogens is 347 g/mol. The van der Waals surface area contributed by atoms with Crippen LogP contribution in [0.25, 0.3) is 0 Å². The number of esters is 1. The van der Waals surface area contributed by atoms with E-state index in [2.05, 4.69) is 9.97 Å². The molecule has 0 saturated carbocycles. The minimum Gasteiger partial charge on any atom is -0.419 e. The third-order valence-electron chi connectivity index (χ3n) is 2.71. The predicted molar refractivity (Wildman–Crippen MR) is 80.7 cm³/mol. The van der Waals surface area contributed by atoms with Crippen molar-refractivity contribution >= 4 is 27.4 Å². The summed E-state index contributed by atoms with van der Waals surface area (Å²) >= 11 is 5.81. The highest BCUT2D eigenvalue weighted by atomic mass is 35.5. The van der Waals surface area contributed by atoms with Gasteiger partial charge in [-0.3, -0.25) is 0 Å². The van der Waals surface area contributed by atoms with E-state index in [-0.39, 0.29) is 16.5 Å². The van der Waals surface area contributed by atoms with Crippen molar-refractivity contribution in [3.8, 4) is 5.75 Å². The van der Waals surface area contributed by atoms with Crippen molar-refractivity contribution in [2.75, 3.05) is 5.75 Å². The molecule has 0 N–H and O–H groups in total. The van der Waals surface area contributed by atoms with Crippen molar-refractivity contribution in [2.24, 2.45) is 0 Å². The van der Waals surface area contributed by atoms with E-state index in [0.717, 1.165) is 12.3 Å². The molecule has 0 radical (unpaired) electrons. The number of sulfone groups is 1. The first-order valence-electron chi connectivity index (χ1n) is 6.57. The molecule has 1 aromatic heterocycles. The normalized spacial score (nSPS) is 11.3. The Hall–Kier alpha value is -2.06. The minimum atomic E-state index is -3.73. The summed E-state index contributed by atoms with van der Waals surface area (Å²) in [6, 6.07) is 5.27. The first-order valence-corrected chi connectivity index (χ1v) is 8.60. The molecule has 23 heavy (non-hydrogen) atoms. The number of carbonyl (C=O) groups excluding carboxylic acids is 1. The first-order chi connectivity index (χ1) is 10.8. The zero-order chi connectivity index (χ0) is 17.0. The van der Waals surface area contributed by atoms with E-state index in [1.165, 1.54) is 18.2 Å². The van der Waals surface area contributed by atoms with Crippen LogP contribution in [-0.2, 0) is 9.84 Å². The first kappa shape index (κ1) is 17.3. The summed E-state index contributed by atoms with van der Waals surface area (Å²) in [4.78, 5) is 19.3. The van der Waals surface area contributed by atoms with E-state index in [0.29, 0.717) is 6.42 Å². The fraction of sp³-hybridized carbons (Fsp3) is 0.214. The van der Waals surface area contributed by atoms with Gasteiger partial charge in [0.05, 0.1) is 17.0 Å². The molecular formula is C14H12ClFN2O4S. The molecule has 1 aromatic carbocycles. The number of nitrogens with zero attached hydrogens (tertiary/aromatic N) is 2. The Balaban J connectivity index is 2.36. The fourth-order valence-corrected chi connectivity index (χ4v) is 3.01. The molecule has 0 aliphatic rings. The van der Waals surface area contributed by atoms with Crippen LogP contribution in [0.3, 0.4) is 0 Å². The van der Waals surface area contributed by atoms with Gasteiger partial charge in [-0.1, -0.05) is 30.7 Å². The fourth-order valence-electron chi connectivity index (χ4n) is 1.68. The number of aromatic nitrogens is 2. The number of rotatable bonds is 5. The second kappa shape index (κ2) is 7.01. The maximum Gasteiger partial charge on any atom is 0.364 e. The lowest BCUT2D eigenvalue weighted by atomic mass is 10.3. The Morgan fingerprint density at radius 1 is 1.35 bits per heavy atom. The molecule has 6 nitrogen and oxygen atoms in total. The van der Waals surface area contributed by atoms with Crippen molar-refractivity contribution in [2.45, 2.75) is 18.5 Å². The molecule has 9 heteroatoms. The summed E-state index contributed by atoms with van der Waals surface area (Å²) in [6.07, 6.45) is 1.36. The van der Waals surface area contributed by atoms with Crippen LogP contribution in [0.5, 0.6) is 5.75 Å². The van der Waals surface area contributed by atoms with Crippen LogP contribution < -0.4 is 4.74 Å². The maximum absolute atomic E-state index is 13.5. The van der Waals surface area contributed by atoms with Crippen molar-refractivity contribution < 1.29 is 22.3 Å². The maximum atomic E-state index is 13.5. The van der Waals surface area contributed by atoms with Crippen LogP contribution in [0, 0.1) is 5.82 Å². The zero-order valence-corrected chi connectivity index (χ0v) is 13.6. The molecule has 2 rings (SSSR count). The summed E-state index contributed by atoms with van der Waals surface area (Å²) in [5.41, 5.74) is -0.445. The Kier molecular flexibility index (Phi) is 5.27. The van der Waals surface area contributed by atoms with Gasteiger partial charge in [0.1, 0.15) is 0 Å². The van der Waals surface area contributed by atoms with Crippen LogP contribution in [0.2, 0.25) is 5.02 Å². The van der Waals surface area contributed by atoms with E-state index in [1.54, 1.807) is 6.92 Å². The number of para-hydroxylation sites is 1. The number of hydrogen-bond acceptors (Lipinski definition) is 6. The van der Waals surface area contributed by atoms with Crippen LogP contribution >= 0.6 is 11.6 Å². The third kappa shape index (κ3) is 4.02. The Bertz CT molecular complexity index is 842. The lowest BCUT2D eigenvalue weighted by molar-refractivity contribution is 0.0720. The van der Waals surface area contributed by atoms with E-state index < -0.39 is 32.5 Å². The number of carbonyl (C=O) groups is 1. The molecule has 0 spiro atoms. The summed E-state index contributed by atoms with van der Waals surface area (Å²) in [5.74, 6) is -2.30. The lowest BCUT2D eigenvalue weighted by Crippen LogP contribution is -2.17. The predicted octanol–water partition coefficient (Wildman–Crippen LogP) is 2.67. The standard InChI is InChI=1S/C14H12ClFN2O4S/c1-2-7-23(20,21)14-17-8-9(15)12(18-14)13(19)22-11-6-4-3-5-10(11)16/h3-6,8H,2,7H2,1H3. The Morgan fingerprint density at radius 2 is 2.04 bits per heavy atom. The molecule has 0 fully saturated rings. The number of ether oxygens (including phenoxy) is 1. The summed E-state index contributed by atoms with van der Waals surface area (Å²) in [7, 11) is -3.73. The van der Waals surface area contributed by atoms with Gasteiger partial charge in [0.25, 0.3) is 0 Å². The number of hydrogen-bond donors (Lipinski definition) is 0. The van der Waals surface area contributed by atoms with Gasteiger partial charge < -0.3 is 4.74 Å². The molecule has 1 heterocycles. The Labute approximate surface area is 137 Å². The Morgan fingerprint density at radius 3 is 2.70 bits per heavy atom. The van der Waals surface area contributed by atoms with Crippen molar-refractivity contribution in [3.63, 3.8) is 0 Å². The lowest BCUT2D eigenvalue weighted by Gasteiger charge is -2.07. The number of benzene rings is 1. The average molecular weight is 359 g/mol. The van der Waals surface area contributed by atoms with Gasteiger partial charge in [0, 0.05) is 0 Å². The zero-order valence-electron chi connectivity index (χ0n) is 12.0. The highest BCUT2D eigenvalue weighted by Crippen LogP contribution is 2.20. The smallest absolute Gasteiger partial charge is 0.364 e. The van der Waals surface area contributed by atoms with Gasteiger partial charge in [-0.2, -0.15) is 0 Å². The summed E-state index contributed by atoms with van der Waals surface area (Å²) in [5, 5.41) is -0.717. The average Bonchev–Trinajstić information content (AvgIpc) is 2.49. The molecule has 122 valence electrons. The van der Waals surface area contributed by atoms with Crippen molar-refractivity contribution in [1.29, 1.82) is 0 Å². The topological polar surface area (TPSA) is 86.2 Å². The van der Waals surface area contributed by atoms with E-state index >= 15 is 0 Å². The highest BCUT2D eigenvalue weighted by Gasteiger charge is 2.23. The largest absolute Gasteiger partial charge is 0.419 e. The van der Waals surface area contributed by atoms with Gasteiger partial charge in [0.2, 0.25) is 15.0 Å². The third-order valence-corrected chi connectivity index (χ3v) is 4.68. The van der Waals surface area contributed by atoms with E-state index in [9.17, 15) is 17.6 Å². The van der Waals surface area contributed by atoms with Gasteiger partial charge in [-0.05, 0) is 18.6 Å². The van der Waals surface area contributed by atoms with Gasteiger partial charge in [-0.15, -0.1) is 0 Å². The molecule has 0 saturated heterocycles. The van der Waals surface area contributed by atoms with E-state index in [4.69, 9.17) is 16.3 Å². The van der Waals surface area contributed by atoms with Crippen LogP contribution in [0.4, 0.5) is 4.39 Å². The van der Waals surface area contributed by atoms with Crippen LogP contribution in [0.15, 0.2) is 35.6 Å².